The molecule has 11 aromatic rings. The smallest absolute Gasteiger partial charge is 0 e. The molecule has 4 heterocycles. The molecule has 0 bridgehead atoms. The van der Waals surface area contributed by atoms with E-state index >= 15 is 0 Å². The van der Waals surface area contributed by atoms with E-state index in [1.54, 1.807) is 0 Å². The molecule has 0 aliphatic heterocycles. The second-order valence-corrected chi connectivity index (χ2v) is 29.3. The van der Waals surface area contributed by atoms with Crippen LogP contribution in [0.5, 0.6) is 0 Å². The number of imidazole rings is 1. The summed E-state index contributed by atoms with van der Waals surface area (Å²) in [7, 11) is 0. The molecule has 0 saturated heterocycles. The van der Waals surface area contributed by atoms with Gasteiger partial charge in [0.05, 0.1) is 28.1 Å². The van der Waals surface area contributed by atoms with Gasteiger partial charge in [0, 0.05) is 53.6 Å². The number of fused-ring (bicyclic) bond motifs is 6. The molecule has 0 aliphatic carbocycles. The average Bonchev–Trinajstić information content (AvgIpc) is 3.93. The molecule has 7 aromatic carbocycles. The molecule has 1 radical (unpaired) electrons. The quantitative estimate of drug-likeness (QED) is 0.112. The fraction of sp³-hybridized carbons (Fsp3) is 0.150. The maximum atomic E-state index is 6.72. The number of nitrogens with zero attached hydrogens (tertiary/aromatic N) is 4. The monoisotopic (exact) mass is 1110 g/mol. The Morgan fingerprint density at radius 1 is 0.627 bits per heavy atom. The summed E-state index contributed by atoms with van der Waals surface area (Å²) in [4.78, 5) is 15.0. The number of aromatic nitrogens is 4. The van der Waals surface area contributed by atoms with Crippen LogP contribution in [0.15, 0.2) is 180 Å². The number of hydrogen-bond donors (Lipinski definition) is 0. The summed E-state index contributed by atoms with van der Waals surface area (Å²) in [5.74, 6) is 8.70. The van der Waals surface area contributed by atoms with Gasteiger partial charge < -0.3 is 8.98 Å². The molecule has 67 heavy (non-hydrogen) atoms. The van der Waals surface area contributed by atoms with Crippen molar-refractivity contribution < 1.29 is 24.5 Å². The minimum Gasteiger partial charge on any atom is 0 e. The van der Waals surface area contributed by atoms with Crippen molar-refractivity contribution in [1.82, 2.24) is 19.5 Å². The van der Waals surface area contributed by atoms with Crippen LogP contribution in [0.4, 0.5) is 0 Å². The van der Waals surface area contributed by atoms with Crippen LogP contribution >= 0.6 is 0 Å². The van der Waals surface area contributed by atoms with Crippen LogP contribution in [-0.2, 0) is 20.1 Å². The van der Waals surface area contributed by atoms with Crippen LogP contribution in [0, 0.1) is 25.0 Å². The van der Waals surface area contributed by atoms with Crippen LogP contribution < -0.4 is 4.40 Å². The Morgan fingerprint density at radius 2 is 1.33 bits per heavy atom. The van der Waals surface area contributed by atoms with Crippen molar-refractivity contribution in [2.45, 2.75) is 50.9 Å². The number of pyridine rings is 2. The van der Waals surface area contributed by atoms with Crippen LogP contribution in [0.25, 0.3) is 94.5 Å². The predicted molar refractivity (Wildman–Crippen MR) is 278 cm³/mol. The number of para-hydroxylation sites is 1. The van der Waals surface area contributed by atoms with Crippen molar-refractivity contribution in [2.75, 3.05) is 0 Å². The van der Waals surface area contributed by atoms with Gasteiger partial charge in [0.15, 0.2) is 0 Å². The van der Waals surface area contributed by atoms with E-state index in [4.69, 9.17) is 14.4 Å². The zero-order chi connectivity index (χ0) is 45.5. The van der Waals surface area contributed by atoms with Gasteiger partial charge in [-0.15, -0.1) is 18.2 Å². The zero-order valence-electron chi connectivity index (χ0n) is 38.9. The third-order valence-corrected chi connectivity index (χ3v) is 17.1. The van der Waals surface area contributed by atoms with Gasteiger partial charge in [0.2, 0.25) is 5.71 Å². The predicted octanol–water partition coefficient (Wildman–Crippen LogP) is 15.4. The Labute approximate surface area is 409 Å². The first-order chi connectivity index (χ1) is 32.0. The van der Waals surface area contributed by atoms with Crippen molar-refractivity contribution in [3.05, 3.63) is 199 Å². The van der Waals surface area contributed by atoms with Gasteiger partial charge >= 0.3 is 106 Å². The molecule has 1 unspecified atom stereocenters. The van der Waals surface area contributed by atoms with Gasteiger partial charge in [0.25, 0.3) is 0 Å². The van der Waals surface area contributed by atoms with E-state index < -0.39 is 13.3 Å². The molecular formula is C60H52GeIrN4O-2. The number of benzene rings is 7. The molecule has 5 nitrogen and oxygen atoms in total. The normalized spacial score (nSPS) is 12.1. The van der Waals surface area contributed by atoms with Gasteiger partial charge in [0.1, 0.15) is 0 Å². The third kappa shape index (κ3) is 8.94. The van der Waals surface area contributed by atoms with E-state index in [-0.39, 0.29) is 20.1 Å². The summed E-state index contributed by atoms with van der Waals surface area (Å²) in [6.07, 6.45) is 2.04. The minimum absolute atomic E-state index is 0. The van der Waals surface area contributed by atoms with E-state index in [9.17, 15) is 0 Å². The Bertz CT molecular complexity index is 3440. The molecule has 0 amide bonds. The number of rotatable bonds is 8. The first-order valence-electron chi connectivity index (χ1n) is 22.9. The molecule has 0 saturated carbocycles. The largest absolute Gasteiger partial charge is 0 e. The van der Waals surface area contributed by atoms with Gasteiger partial charge in [-0.05, 0) is 40.6 Å². The van der Waals surface area contributed by atoms with Crippen molar-refractivity contribution >= 4 is 61.5 Å². The van der Waals surface area contributed by atoms with Crippen molar-refractivity contribution in [3.63, 3.8) is 0 Å². The van der Waals surface area contributed by atoms with Gasteiger partial charge in [-0.1, -0.05) is 141 Å². The number of aryl methyl sites for hydroxylation is 1. The van der Waals surface area contributed by atoms with Crippen molar-refractivity contribution in [3.8, 4) is 50.6 Å². The summed E-state index contributed by atoms with van der Waals surface area (Å²) in [6.45, 7) is 8.76. The van der Waals surface area contributed by atoms with Crippen molar-refractivity contribution in [1.29, 1.82) is 0 Å². The minimum atomic E-state index is -1.73. The topological polar surface area (TPSA) is 56.7 Å². The fourth-order valence-electron chi connectivity index (χ4n) is 8.77. The molecule has 333 valence electrons. The molecular weight excluding hydrogens is 1060 g/mol. The second kappa shape index (κ2) is 19.0. The summed E-state index contributed by atoms with van der Waals surface area (Å²) in [5, 5.41) is 4.28. The summed E-state index contributed by atoms with van der Waals surface area (Å²) in [6, 6.07) is 66.4. The standard InChI is InChI=1S/C45H34N3O.C15H18GeN.Ir/c1-28(2)29(3)39-27-25-37-36-22-13-23-38(43(36)49-45(37)47-39)44-46-40-26-24-32-18-10-11-19-35(32)42(40)48(44)41-33(30-14-6-4-7-15-30)20-12-21-34(41)31-16-8-5-9-17-31;1-12-5-7-13(8-6-12)15-10-9-14(11-17-15)16(2,3)4;/h4-22,24-29H,1-3H3;5-7,9-11H,1-4H3;/q2*-1;. The second-order valence-electron chi connectivity index (χ2n) is 18.6. The molecule has 1 atom stereocenters. The Morgan fingerprint density at radius 3 is 1.97 bits per heavy atom. The van der Waals surface area contributed by atoms with Gasteiger partial charge in [-0.2, -0.15) is 0 Å². The SMILES string of the molecule is CC(C)C(C)c1ccc2c(n1)oc1c(-c3nc4ccc5ccccc5c4n3-c3c(-c4ccccc4)cccc3-c3ccccc3)[c-]ccc12.Cc1c[c-]c(-c2cc[c]([Ge]([CH3])([CH3])[CH3])cn2)cc1.[Ir]. The van der Waals surface area contributed by atoms with E-state index in [2.05, 4.69) is 224 Å². The molecule has 0 fully saturated rings. The van der Waals surface area contributed by atoms with E-state index in [1.165, 1.54) is 9.96 Å². The Balaban J connectivity index is 0.000000264. The molecule has 0 aliphatic rings. The van der Waals surface area contributed by atoms with E-state index in [0.29, 0.717) is 17.5 Å². The van der Waals surface area contributed by atoms with Crippen LogP contribution in [0.1, 0.15) is 37.9 Å². The first-order valence-corrected chi connectivity index (χ1v) is 30.2. The van der Waals surface area contributed by atoms with E-state index in [1.807, 2.05) is 18.3 Å². The Hall–Kier alpha value is -6.44. The van der Waals surface area contributed by atoms with Crippen LogP contribution in [0.2, 0.25) is 17.3 Å². The van der Waals surface area contributed by atoms with Gasteiger partial charge in [-0.3, -0.25) is 4.98 Å². The third-order valence-electron chi connectivity index (χ3n) is 12.9. The molecule has 0 N–H and O–H groups in total. The Kier molecular flexibility index (Phi) is 13.0. The number of hydrogen-bond acceptors (Lipinski definition) is 4. The first kappa shape index (κ1) is 45.7. The van der Waals surface area contributed by atoms with Crippen molar-refractivity contribution in [2.24, 2.45) is 5.92 Å². The summed E-state index contributed by atoms with van der Waals surface area (Å²) >= 11 is -1.73. The number of furan rings is 1. The zero-order valence-corrected chi connectivity index (χ0v) is 43.4. The van der Waals surface area contributed by atoms with E-state index in [0.717, 1.165) is 94.4 Å². The molecule has 11 rings (SSSR count). The molecule has 4 aromatic heterocycles. The summed E-state index contributed by atoms with van der Waals surface area (Å²) < 4.78 is 10.5. The van der Waals surface area contributed by atoms with Gasteiger partial charge in [-0.25, -0.2) is 4.98 Å². The van der Waals surface area contributed by atoms with Crippen LogP contribution in [0.3, 0.4) is 0 Å². The molecule has 0 spiro atoms. The molecule has 7 heteroatoms. The summed E-state index contributed by atoms with van der Waals surface area (Å²) in [5.41, 5.74) is 14.0. The average molecular weight is 1110 g/mol. The maximum Gasteiger partial charge on any atom is 0 e. The fourth-order valence-corrected chi connectivity index (χ4v) is 10.9. The van der Waals surface area contributed by atoms with Crippen LogP contribution in [-0.4, -0.2) is 32.8 Å². The maximum absolute atomic E-state index is 6.72.